The number of rotatable bonds is 4. The molecule has 19 heavy (non-hydrogen) atoms. The van der Waals surface area contributed by atoms with Crippen LogP contribution in [0, 0.1) is 5.82 Å². The van der Waals surface area contributed by atoms with Crippen molar-refractivity contribution < 1.29 is 13.9 Å². The van der Waals surface area contributed by atoms with Crippen molar-refractivity contribution in [1.29, 1.82) is 0 Å². The quantitative estimate of drug-likeness (QED) is 0.887. The summed E-state index contributed by atoms with van der Waals surface area (Å²) in [7, 11) is 1.44. The van der Waals surface area contributed by atoms with Crippen LogP contribution in [0.1, 0.15) is 28.9 Å². The minimum atomic E-state index is -0.615. The van der Waals surface area contributed by atoms with E-state index in [4.69, 9.17) is 4.74 Å². The lowest BCUT2D eigenvalue weighted by Crippen LogP contribution is -2.27. The number of hydrogen-bond acceptors (Lipinski definition) is 3. The molecule has 2 rings (SSSR count). The smallest absolute Gasteiger partial charge is 0.254 e. The van der Waals surface area contributed by atoms with Crippen LogP contribution in [-0.2, 0) is 0 Å². The Bertz CT molecular complexity index is 569. The number of carbonyl (C=O) groups is 1. The molecule has 0 aliphatic heterocycles. The van der Waals surface area contributed by atoms with Gasteiger partial charge in [-0.3, -0.25) is 9.89 Å². The van der Waals surface area contributed by atoms with Crippen LogP contribution in [-0.4, -0.2) is 23.2 Å². The summed E-state index contributed by atoms with van der Waals surface area (Å²) in [5.41, 5.74) is 0.804. The molecular weight excluding hydrogens is 249 g/mol. The number of nitrogens with zero attached hydrogens (tertiary/aromatic N) is 1. The first-order valence-electron chi connectivity index (χ1n) is 5.75. The highest BCUT2D eigenvalue weighted by Gasteiger charge is 2.16. The molecule has 6 heteroatoms. The van der Waals surface area contributed by atoms with E-state index in [1.165, 1.54) is 19.2 Å². The summed E-state index contributed by atoms with van der Waals surface area (Å²) in [4.78, 5) is 11.9. The number of halogens is 1. The zero-order valence-corrected chi connectivity index (χ0v) is 10.6. The minimum absolute atomic E-state index is 0.0175. The van der Waals surface area contributed by atoms with Gasteiger partial charge in [-0.2, -0.15) is 5.10 Å². The number of nitrogens with one attached hydrogen (secondary N) is 2. The van der Waals surface area contributed by atoms with Crippen LogP contribution in [0.3, 0.4) is 0 Å². The van der Waals surface area contributed by atoms with Gasteiger partial charge in [0.25, 0.3) is 5.91 Å². The third kappa shape index (κ3) is 2.90. The van der Waals surface area contributed by atoms with E-state index in [0.717, 1.165) is 5.56 Å². The summed E-state index contributed by atoms with van der Waals surface area (Å²) in [5, 5.41) is 9.15. The Morgan fingerprint density at radius 1 is 1.53 bits per heavy atom. The first-order valence-corrected chi connectivity index (χ1v) is 5.75. The molecule has 0 aliphatic rings. The van der Waals surface area contributed by atoms with Crippen LogP contribution in [0.4, 0.5) is 4.39 Å². The van der Waals surface area contributed by atoms with E-state index < -0.39 is 11.7 Å². The molecule has 5 nitrogen and oxygen atoms in total. The van der Waals surface area contributed by atoms with E-state index in [-0.39, 0.29) is 11.6 Å². The highest BCUT2D eigenvalue weighted by Crippen LogP contribution is 2.17. The Kier molecular flexibility index (Phi) is 3.79. The van der Waals surface area contributed by atoms with E-state index >= 15 is 0 Å². The minimum Gasteiger partial charge on any atom is -0.497 e. The van der Waals surface area contributed by atoms with Crippen LogP contribution < -0.4 is 10.1 Å². The third-order valence-corrected chi connectivity index (χ3v) is 2.79. The number of methoxy groups -OCH3 is 1. The molecule has 1 unspecified atom stereocenters. The molecule has 1 aromatic heterocycles. The Morgan fingerprint density at radius 3 is 2.89 bits per heavy atom. The second-order valence-electron chi connectivity index (χ2n) is 4.07. The Hall–Kier alpha value is -2.37. The van der Waals surface area contributed by atoms with Gasteiger partial charge in [-0.05, 0) is 19.1 Å². The summed E-state index contributed by atoms with van der Waals surface area (Å²) in [5.74, 6) is -0.720. The molecule has 2 N–H and O–H groups in total. The lowest BCUT2D eigenvalue weighted by molar-refractivity contribution is 0.0936. The average molecular weight is 263 g/mol. The maximum atomic E-state index is 13.7. The monoisotopic (exact) mass is 263 g/mol. The molecule has 0 saturated heterocycles. The predicted molar refractivity (Wildman–Crippen MR) is 67.4 cm³/mol. The molecule has 0 radical (unpaired) electrons. The number of aromatic nitrogens is 2. The molecule has 0 fully saturated rings. The van der Waals surface area contributed by atoms with E-state index in [2.05, 4.69) is 15.5 Å². The molecule has 1 atom stereocenters. The van der Waals surface area contributed by atoms with Gasteiger partial charge in [0.2, 0.25) is 0 Å². The number of H-pyrrole nitrogens is 1. The second kappa shape index (κ2) is 5.51. The number of amides is 1. The van der Waals surface area contributed by atoms with Gasteiger partial charge in [-0.25, -0.2) is 4.39 Å². The summed E-state index contributed by atoms with van der Waals surface area (Å²) >= 11 is 0. The van der Waals surface area contributed by atoms with Gasteiger partial charge >= 0.3 is 0 Å². The third-order valence-electron chi connectivity index (χ3n) is 2.79. The van der Waals surface area contributed by atoms with E-state index in [1.807, 2.05) is 0 Å². The summed E-state index contributed by atoms with van der Waals surface area (Å²) in [6, 6.07) is 3.86. The van der Waals surface area contributed by atoms with Gasteiger partial charge in [0, 0.05) is 17.8 Å². The largest absolute Gasteiger partial charge is 0.497 e. The van der Waals surface area contributed by atoms with Crippen molar-refractivity contribution in [2.45, 2.75) is 13.0 Å². The van der Waals surface area contributed by atoms with Crippen molar-refractivity contribution in [3.63, 3.8) is 0 Å². The van der Waals surface area contributed by atoms with Gasteiger partial charge in [0.05, 0.1) is 24.9 Å². The lowest BCUT2D eigenvalue weighted by atomic mass is 10.1. The fraction of sp³-hybridized carbons (Fsp3) is 0.231. The van der Waals surface area contributed by atoms with E-state index in [1.54, 1.807) is 25.4 Å². The number of carbonyl (C=O) groups excluding carboxylic acids is 1. The summed E-state index contributed by atoms with van der Waals surface area (Å²) in [6.45, 7) is 1.80. The highest BCUT2D eigenvalue weighted by molar-refractivity contribution is 5.94. The van der Waals surface area contributed by atoms with Crippen molar-refractivity contribution >= 4 is 5.91 Å². The van der Waals surface area contributed by atoms with Crippen molar-refractivity contribution in [1.82, 2.24) is 15.5 Å². The highest BCUT2D eigenvalue weighted by atomic mass is 19.1. The molecule has 100 valence electrons. The van der Waals surface area contributed by atoms with E-state index in [0.29, 0.717) is 5.75 Å². The van der Waals surface area contributed by atoms with Crippen LogP contribution in [0.2, 0.25) is 0 Å². The van der Waals surface area contributed by atoms with Crippen molar-refractivity contribution in [3.8, 4) is 5.75 Å². The molecule has 0 spiro atoms. The fourth-order valence-corrected chi connectivity index (χ4v) is 1.66. The van der Waals surface area contributed by atoms with Gasteiger partial charge in [0.15, 0.2) is 0 Å². The molecule has 2 aromatic rings. The zero-order chi connectivity index (χ0) is 13.8. The number of ether oxygens (including phenoxy) is 1. The Balaban J connectivity index is 2.12. The first-order chi connectivity index (χ1) is 9.11. The maximum absolute atomic E-state index is 13.7. The number of benzene rings is 1. The van der Waals surface area contributed by atoms with Crippen LogP contribution in [0.5, 0.6) is 5.75 Å². The van der Waals surface area contributed by atoms with Gasteiger partial charge < -0.3 is 10.1 Å². The normalized spacial score (nSPS) is 11.9. The van der Waals surface area contributed by atoms with Crippen LogP contribution >= 0.6 is 0 Å². The Morgan fingerprint density at radius 2 is 2.32 bits per heavy atom. The van der Waals surface area contributed by atoms with Crippen molar-refractivity contribution in [2.24, 2.45) is 0 Å². The van der Waals surface area contributed by atoms with Gasteiger partial charge in [-0.15, -0.1) is 0 Å². The van der Waals surface area contributed by atoms with Crippen LogP contribution in [0.25, 0.3) is 0 Å². The maximum Gasteiger partial charge on any atom is 0.254 e. The zero-order valence-electron chi connectivity index (χ0n) is 10.6. The summed E-state index contributed by atoms with van der Waals surface area (Å²) in [6.07, 6.45) is 3.28. The average Bonchev–Trinajstić information content (AvgIpc) is 2.92. The molecule has 0 saturated carbocycles. The lowest BCUT2D eigenvalue weighted by Gasteiger charge is -2.12. The van der Waals surface area contributed by atoms with Gasteiger partial charge in [0.1, 0.15) is 11.6 Å². The summed E-state index contributed by atoms with van der Waals surface area (Å²) < 4.78 is 18.6. The molecule has 0 bridgehead atoms. The second-order valence-corrected chi connectivity index (χ2v) is 4.07. The topological polar surface area (TPSA) is 67.0 Å². The number of hydrogen-bond donors (Lipinski definition) is 2. The molecule has 1 amide bonds. The first kappa shape index (κ1) is 13.1. The van der Waals surface area contributed by atoms with Crippen LogP contribution in [0.15, 0.2) is 30.6 Å². The SMILES string of the molecule is COc1ccc(C(=O)NC(C)c2cn[nH]c2)c(F)c1. The molecule has 0 aliphatic carbocycles. The van der Waals surface area contributed by atoms with Crippen molar-refractivity contribution in [2.75, 3.05) is 7.11 Å². The van der Waals surface area contributed by atoms with E-state index in [9.17, 15) is 9.18 Å². The Labute approximate surface area is 109 Å². The van der Waals surface area contributed by atoms with Crippen molar-refractivity contribution in [3.05, 3.63) is 47.5 Å². The fourth-order valence-electron chi connectivity index (χ4n) is 1.66. The predicted octanol–water partition coefficient (Wildman–Crippen LogP) is 2.05. The molecular formula is C13H14FN3O2. The molecule has 1 aromatic carbocycles. The number of aromatic amines is 1. The standard InChI is InChI=1S/C13H14FN3O2/c1-8(9-6-15-16-7-9)17-13(18)11-4-3-10(19-2)5-12(11)14/h3-8H,1-2H3,(H,15,16)(H,17,18). The van der Waals surface area contributed by atoms with Gasteiger partial charge in [-0.1, -0.05) is 0 Å². The molecule has 1 heterocycles.